The van der Waals surface area contributed by atoms with Crippen LogP contribution in [0.15, 0.2) is 101 Å². The van der Waals surface area contributed by atoms with Crippen LogP contribution in [0.1, 0.15) is 39.7 Å². The lowest BCUT2D eigenvalue weighted by atomic mass is 9.91. The summed E-state index contributed by atoms with van der Waals surface area (Å²) in [5, 5.41) is 9.14. The largest absolute Gasteiger partial charge is 0.458 e. The van der Waals surface area contributed by atoms with Gasteiger partial charge in [-0.3, -0.25) is 14.4 Å². The van der Waals surface area contributed by atoms with Crippen LogP contribution in [0.3, 0.4) is 0 Å². The molecule has 1 heterocycles. The SMILES string of the molecule is Cc1ccc(NC(=O)C(=O)NCc2ccc(/C=N\NC(=O)C(c3ccccc3)c3ccccc3)o2)cc1C. The summed E-state index contributed by atoms with van der Waals surface area (Å²) >= 11 is 0. The van der Waals surface area contributed by atoms with Crippen molar-refractivity contribution < 1.29 is 18.8 Å². The van der Waals surface area contributed by atoms with Gasteiger partial charge in [-0.25, -0.2) is 5.43 Å². The Hall–Kier alpha value is -4.98. The molecule has 0 atom stereocenters. The van der Waals surface area contributed by atoms with Crippen molar-refractivity contribution in [1.82, 2.24) is 10.7 Å². The van der Waals surface area contributed by atoms with E-state index in [2.05, 4.69) is 21.2 Å². The van der Waals surface area contributed by atoms with Gasteiger partial charge in [0.15, 0.2) is 0 Å². The molecule has 0 aliphatic carbocycles. The van der Waals surface area contributed by atoms with Crippen molar-refractivity contribution in [3.05, 3.63) is 125 Å². The quantitative estimate of drug-likeness (QED) is 0.186. The zero-order valence-electron chi connectivity index (χ0n) is 21.1. The summed E-state index contributed by atoms with van der Waals surface area (Å²) in [7, 11) is 0. The number of carbonyl (C=O) groups excluding carboxylic acids is 3. The van der Waals surface area contributed by atoms with E-state index in [0.29, 0.717) is 17.2 Å². The molecule has 0 bridgehead atoms. The molecule has 4 aromatic rings. The fraction of sp³-hybridized carbons (Fsp3) is 0.133. The minimum Gasteiger partial charge on any atom is -0.458 e. The van der Waals surface area contributed by atoms with Crippen LogP contribution in [0, 0.1) is 13.8 Å². The van der Waals surface area contributed by atoms with E-state index in [4.69, 9.17) is 4.42 Å². The van der Waals surface area contributed by atoms with Gasteiger partial charge in [0.25, 0.3) is 5.91 Å². The van der Waals surface area contributed by atoms with Crippen molar-refractivity contribution in [1.29, 1.82) is 0 Å². The Balaban J connectivity index is 1.31. The topological polar surface area (TPSA) is 113 Å². The van der Waals surface area contributed by atoms with Gasteiger partial charge in [-0.15, -0.1) is 0 Å². The minimum atomic E-state index is -0.782. The summed E-state index contributed by atoms with van der Waals surface area (Å²) in [6, 6.07) is 27.7. The number of furan rings is 1. The molecular formula is C30H28N4O4. The van der Waals surface area contributed by atoms with Gasteiger partial charge < -0.3 is 15.1 Å². The molecule has 192 valence electrons. The second-order valence-corrected chi connectivity index (χ2v) is 8.73. The van der Waals surface area contributed by atoms with Crippen molar-refractivity contribution >= 4 is 29.6 Å². The second kappa shape index (κ2) is 12.3. The molecule has 4 rings (SSSR count). The van der Waals surface area contributed by atoms with E-state index >= 15 is 0 Å². The van der Waals surface area contributed by atoms with Crippen LogP contribution in [0.4, 0.5) is 5.69 Å². The van der Waals surface area contributed by atoms with Crippen LogP contribution in [-0.2, 0) is 20.9 Å². The van der Waals surface area contributed by atoms with Gasteiger partial charge in [0.05, 0.1) is 18.7 Å². The zero-order valence-corrected chi connectivity index (χ0v) is 21.1. The first kappa shape index (κ1) is 26.1. The molecule has 0 saturated carbocycles. The molecule has 3 amide bonds. The maximum atomic E-state index is 13.0. The van der Waals surface area contributed by atoms with E-state index in [0.717, 1.165) is 22.3 Å². The van der Waals surface area contributed by atoms with E-state index in [1.54, 1.807) is 24.3 Å². The number of nitrogens with zero attached hydrogens (tertiary/aromatic N) is 1. The Morgan fingerprint density at radius 3 is 2.11 bits per heavy atom. The monoisotopic (exact) mass is 508 g/mol. The summed E-state index contributed by atoms with van der Waals surface area (Å²) in [6.07, 6.45) is 1.38. The van der Waals surface area contributed by atoms with Crippen molar-refractivity contribution in [3.63, 3.8) is 0 Å². The third kappa shape index (κ3) is 6.82. The van der Waals surface area contributed by atoms with Gasteiger partial charge in [-0.1, -0.05) is 66.7 Å². The smallest absolute Gasteiger partial charge is 0.313 e. The summed E-state index contributed by atoms with van der Waals surface area (Å²) < 4.78 is 5.63. The molecule has 0 radical (unpaired) electrons. The van der Waals surface area contributed by atoms with Crippen LogP contribution in [-0.4, -0.2) is 23.9 Å². The Bertz CT molecular complexity index is 1410. The Morgan fingerprint density at radius 2 is 1.47 bits per heavy atom. The number of anilines is 1. The first-order valence-corrected chi connectivity index (χ1v) is 12.1. The van der Waals surface area contributed by atoms with Gasteiger partial charge >= 0.3 is 11.8 Å². The summed E-state index contributed by atoms with van der Waals surface area (Å²) in [5.41, 5.74) is 6.94. The lowest BCUT2D eigenvalue weighted by Gasteiger charge is -2.16. The molecule has 0 spiro atoms. The van der Waals surface area contributed by atoms with Gasteiger partial charge in [0, 0.05) is 5.69 Å². The third-order valence-electron chi connectivity index (χ3n) is 5.97. The Morgan fingerprint density at radius 1 is 0.816 bits per heavy atom. The van der Waals surface area contributed by atoms with Crippen LogP contribution in [0.25, 0.3) is 0 Å². The highest BCUT2D eigenvalue weighted by Gasteiger charge is 2.22. The molecule has 8 nitrogen and oxygen atoms in total. The predicted molar refractivity (Wildman–Crippen MR) is 146 cm³/mol. The third-order valence-corrected chi connectivity index (χ3v) is 5.97. The number of carbonyl (C=O) groups is 3. The highest BCUT2D eigenvalue weighted by molar-refractivity contribution is 6.39. The number of nitrogens with one attached hydrogen (secondary N) is 3. The number of amides is 3. The Labute approximate surface area is 220 Å². The van der Waals surface area contributed by atoms with E-state index in [-0.39, 0.29) is 12.5 Å². The molecule has 0 unspecified atom stereocenters. The van der Waals surface area contributed by atoms with E-state index in [1.807, 2.05) is 80.6 Å². The average molecular weight is 509 g/mol. The van der Waals surface area contributed by atoms with Crippen molar-refractivity contribution in [2.75, 3.05) is 5.32 Å². The van der Waals surface area contributed by atoms with Crippen LogP contribution < -0.4 is 16.1 Å². The number of aryl methyl sites for hydroxylation is 2. The van der Waals surface area contributed by atoms with Crippen LogP contribution in [0.2, 0.25) is 0 Å². The number of hydrogen-bond donors (Lipinski definition) is 3. The standard InChI is InChI=1S/C30H28N4O4/c1-20-13-14-24(17-21(20)2)33-30(37)29(36)31-18-25-15-16-26(38-25)19-32-34-28(35)27(22-9-5-3-6-10-22)23-11-7-4-8-12-23/h3-17,19,27H,18H2,1-2H3,(H,31,36)(H,33,37)(H,34,35)/b32-19-. The fourth-order valence-corrected chi connectivity index (χ4v) is 3.82. The molecule has 0 aliphatic rings. The molecule has 0 aliphatic heterocycles. The summed E-state index contributed by atoms with van der Waals surface area (Å²) in [6.45, 7) is 3.92. The van der Waals surface area contributed by atoms with E-state index in [9.17, 15) is 14.4 Å². The first-order valence-electron chi connectivity index (χ1n) is 12.1. The maximum absolute atomic E-state index is 13.0. The lowest BCUT2D eigenvalue weighted by Crippen LogP contribution is -2.34. The highest BCUT2D eigenvalue weighted by Crippen LogP contribution is 2.24. The molecule has 0 fully saturated rings. The van der Waals surface area contributed by atoms with E-state index < -0.39 is 17.7 Å². The average Bonchev–Trinajstić information content (AvgIpc) is 3.38. The molecule has 3 aromatic carbocycles. The number of hydrogen-bond acceptors (Lipinski definition) is 5. The summed E-state index contributed by atoms with van der Waals surface area (Å²) in [4.78, 5) is 37.4. The maximum Gasteiger partial charge on any atom is 0.313 e. The molecule has 38 heavy (non-hydrogen) atoms. The molecule has 0 saturated heterocycles. The number of benzene rings is 3. The minimum absolute atomic E-state index is 0.0173. The molecule has 3 N–H and O–H groups in total. The number of rotatable bonds is 8. The normalized spacial score (nSPS) is 10.9. The zero-order chi connectivity index (χ0) is 26.9. The fourth-order valence-electron chi connectivity index (χ4n) is 3.82. The van der Waals surface area contributed by atoms with Gasteiger partial charge in [-0.05, 0) is 60.4 Å². The van der Waals surface area contributed by atoms with Gasteiger partial charge in [0.1, 0.15) is 11.5 Å². The molecule has 8 heteroatoms. The van der Waals surface area contributed by atoms with Crippen molar-refractivity contribution in [2.24, 2.45) is 5.10 Å². The molecular weight excluding hydrogens is 480 g/mol. The van der Waals surface area contributed by atoms with Gasteiger partial charge in [0.2, 0.25) is 0 Å². The number of hydrazone groups is 1. The highest BCUT2D eigenvalue weighted by atomic mass is 16.3. The van der Waals surface area contributed by atoms with Crippen LogP contribution >= 0.6 is 0 Å². The summed E-state index contributed by atoms with van der Waals surface area (Å²) in [5.74, 6) is -1.55. The Kier molecular flexibility index (Phi) is 8.46. The van der Waals surface area contributed by atoms with Crippen LogP contribution in [0.5, 0.6) is 0 Å². The lowest BCUT2D eigenvalue weighted by molar-refractivity contribution is -0.136. The van der Waals surface area contributed by atoms with Gasteiger partial charge in [-0.2, -0.15) is 5.10 Å². The van der Waals surface area contributed by atoms with E-state index in [1.165, 1.54) is 6.21 Å². The second-order valence-electron chi connectivity index (χ2n) is 8.73. The van der Waals surface area contributed by atoms with Crippen molar-refractivity contribution in [2.45, 2.75) is 26.3 Å². The molecule has 1 aromatic heterocycles. The van der Waals surface area contributed by atoms with Crippen molar-refractivity contribution in [3.8, 4) is 0 Å². The first-order chi connectivity index (χ1) is 18.4. The predicted octanol–water partition coefficient (Wildman–Crippen LogP) is 4.43.